The van der Waals surface area contributed by atoms with E-state index in [-0.39, 0.29) is 5.41 Å². The minimum absolute atomic E-state index is 0.103. The molecule has 1 aliphatic heterocycles. The van der Waals surface area contributed by atoms with Crippen LogP contribution in [-0.2, 0) is 11.0 Å². The van der Waals surface area contributed by atoms with E-state index in [9.17, 15) is 0 Å². The summed E-state index contributed by atoms with van der Waals surface area (Å²) in [6, 6.07) is 28.3. The summed E-state index contributed by atoms with van der Waals surface area (Å²) in [5.41, 5.74) is 8.41. The highest BCUT2D eigenvalue weighted by Gasteiger charge is 2.44. The number of allylic oxidation sites excluding steroid dienone is 3. The van der Waals surface area contributed by atoms with E-state index < -0.39 is 5.60 Å². The lowest BCUT2D eigenvalue weighted by atomic mass is 9.76. The van der Waals surface area contributed by atoms with Crippen molar-refractivity contribution in [3.05, 3.63) is 131 Å². The second-order valence-corrected chi connectivity index (χ2v) is 10.1. The summed E-state index contributed by atoms with van der Waals surface area (Å²) in [6.07, 6.45) is 12.1. The predicted molar refractivity (Wildman–Crippen MR) is 141 cm³/mol. The first-order valence-corrected chi connectivity index (χ1v) is 12.1. The Hall–Kier alpha value is -3.84. The van der Waals surface area contributed by atoms with Crippen LogP contribution in [0.4, 0.5) is 0 Å². The van der Waals surface area contributed by atoms with E-state index in [0.717, 1.165) is 12.2 Å². The van der Waals surface area contributed by atoms with Crippen LogP contribution >= 0.6 is 0 Å². The standard InChI is InChI=1S/C33H26O/c1-32(2)28-19-11-10-18-26(28)29-24-16-8-9-17-25(24)31-27(30(29)32)20-21-33(34-31,23-14-6-7-15-23)22-12-4-3-5-13-22/h3-14,16-21H,15H2,1-2H3. The molecule has 0 spiro atoms. The molecule has 7 rings (SSSR count). The van der Waals surface area contributed by atoms with Crippen LogP contribution < -0.4 is 4.74 Å². The zero-order valence-corrected chi connectivity index (χ0v) is 19.5. The van der Waals surface area contributed by atoms with Crippen LogP contribution in [0, 0.1) is 0 Å². The molecule has 1 unspecified atom stereocenters. The highest BCUT2D eigenvalue weighted by atomic mass is 16.5. The van der Waals surface area contributed by atoms with Gasteiger partial charge in [-0.15, -0.1) is 0 Å². The second-order valence-electron chi connectivity index (χ2n) is 10.1. The fourth-order valence-electron chi connectivity index (χ4n) is 6.32. The molecule has 0 N–H and O–H groups in total. The molecule has 0 saturated carbocycles. The molecular weight excluding hydrogens is 412 g/mol. The lowest BCUT2D eigenvalue weighted by Gasteiger charge is -2.39. The molecule has 164 valence electrons. The van der Waals surface area contributed by atoms with E-state index in [0.29, 0.717) is 0 Å². The Morgan fingerprint density at radius 2 is 1.53 bits per heavy atom. The number of benzene rings is 4. The molecule has 2 aliphatic carbocycles. The number of fused-ring (bicyclic) bond motifs is 8. The Bertz CT molecular complexity index is 1570. The molecule has 1 heteroatoms. The Kier molecular flexibility index (Phi) is 3.94. The molecule has 0 bridgehead atoms. The second kappa shape index (κ2) is 6.84. The van der Waals surface area contributed by atoms with Crippen LogP contribution in [0.1, 0.15) is 42.5 Å². The van der Waals surface area contributed by atoms with Gasteiger partial charge in [-0.1, -0.05) is 117 Å². The molecule has 1 atom stereocenters. The molecule has 0 aromatic heterocycles. The highest BCUT2D eigenvalue weighted by molar-refractivity contribution is 6.08. The van der Waals surface area contributed by atoms with Gasteiger partial charge in [0.25, 0.3) is 0 Å². The number of rotatable bonds is 2. The van der Waals surface area contributed by atoms with Gasteiger partial charge in [-0.05, 0) is 45.7 Å². The van der Waals surface area contributed by atoms with Gasteiger partial charge in [-0.2, -0.15) is 0 Å². The third-order valence-electron chi connectivity index (χ3n) is 7.90. The maximum Gasteiger partial charge on any atom is 0.174 e. The van der Waals surface area contributed by atoms with Crippen LogP contribution in [0.25, 0.3) is 28.0 Å². The summed E-state index contributed by atoms with van der Waals surface area (Å²) >= 11 is 0. The van der Waals surface area contributed by atoms with E-state index in [1.54, 1.807) is 0 Å². The van der Waals surface area contributed by atoms with Crippen molar-refractivity contribution in [2.24, 2.45) is 0 Å². The van der Waals surface area contributed by atoms with Crippen LogP contribution in [0.15, 0.2) is 109 Å². The SMILES string of the molecule is CC1(C)c2ccccc2-c2c1c1c(c3ccccc23)OC(C2=CC=CC2)(c2ccccc2)C=C1. The molecule has 3 aliphatic rings. The topological polar surface area (TPSA) is 9.23 Å². The van der Waals surface area contributed by atoms with E-state index >= 15 is 0 Å². The first-order valence-electron chi connectivity index (χ1n) is 12.1. The molecule has 0 saturated heterocycles. The maximum atomic E-state index is 7.23. The zero-order chi connectivity index (χ0) is 22.9. The minimum Gasteiger partial charge on any atom is -0.473 e. The molecule has 0 amide bonds. The van der Waals surface area contributed by atoms with Gasteiger partial charge >= 0.3 is 0 Å². The maximum absolute atomic E-state index is 7.23. The normalized spacial score (nSPS) is 21.1. The fourth-order valence-corrected chi connectivity index (χ4v) is 6.32. The first kappa shape index (κ1) is 19.6. The lowest BCUT2D eigenvalue weighted by Crippen LogP contribution is -2.35. The van der Waals surface area contributed by atoms with Crippen molar-refractivity contribution in [1.29, 1.82) is 0 Å². The average molecular weight is 439 g/mol. The van der Waals surface area contributed by atoms with Crippen molar-refractivity contribution < 1.29 is 4.74 Å². The van der Waals surface area contributed by atoms with Gasteiger partial charge in [0.15, 0.2) is 5.60 Å². The summed E-state index contributed by atoms with van der Waals surface area (Å²) in [5, 5.41) is 2.45. The van der Waals surface area contributed by atoms with Crippen LogP contribution in [0.2, 0.25) is 0 Å². The third-order valence-corrected chi connectivity index (χ3v) is 7.90. The van der Waals surface area contributed by atoms with E-state index in [2.05, 4.69) is 123 Å². The molecule has 4 aromatic carbocycles. The third kappa shape index (κ3) is 2.45. The highest BCUT2D eigenvalue weighted by Crippen LogP contribution is 2.58. The van der Waals surface area contributed by atoms with Crippen molar-refractivity contribution in [2.45, 2.75) is 31.3 Å². The summed E-state index contributed by atoms with van der Waals surface area (Å²) in [6.45, 7) is 4.70. The van der Waals surface area contributed by atoms with Crippen LogP contribution in [0.3, 0.4) is 0 Å². The summed E-state index contributed by atoms with van der Waals surface area (Å²) in [7, 11) is 0. The first-order chi connectivity index (χ1) is 16.6. The predicted octanol–water partition coefficient (Wildman–Crippen LogP) is 8.33. The molecule has 0 fully saturated rings. The van der Waals surface area contributed by atoms with Gasteiger partial charge in [-0.25, -0.2) is 0 Å². The summed E-state index contributed by atoms with van der Waals surface area (Å²) < 4.78 is 7.23. The molecule has 1 nitrogen and oxygen atoms in total. The van der Waals surface area contributed by atoms with Gasteiger partial charge < -0.3 is 4.74 Å². The smallest absolute Gasteiger partial charge is 0.174 e. The van der Waals surface area contributed by atoms with Crippen molar-refractivity contribution in [1.82, 2.24) is 0 Å². The Morgan fingerprint density at radius 1 is 0.794 bits per heavy atom. The van der Waals surface area contributed by atoms with Crippen molar-refractivity contribution >= 4 is 16.8 Å². The van der Waals surface area contributed by atoms with Crippen molar-refractivity contribution in [3.63, 3.8) is 0 Å². The minimum atomic E-state index is -0.607. The number of ether oxygens (including phenoxy) is 1. The van der Waals surface area contributed by atoms with E-state index in [1.165, 1.54) is 49.7 Å². The molecule has 0 radical (unpaired) electrons. The quantitative estimate of drug-likeness (QED) is 0.306. The molecule has 34 heavy (non-hydrogen) atoms. The Balaban J connectivity index is 1.56. The summed E-state index contributed by atoms with van der Waals surface area (Å²) in [5.74, 6) is 0.995. The number of hydrogen-bond donors (Lipinski definition) is 0. The Labute approximate surface area is 200 Å². The molecule has 1 heterocycles. The van der Waals surface area contributed by atoms with Gasteiger partial charge in [0.2, 0.25) is 0 Å². The Morgan fingerprint density at radius 3 is 2.32 bits per heavy atom. The van der Waals surface area contributed by atoms with Crippen LogP contribution in [-0.4, -0.2) is 0 Å². The molecular formula is C33H26O. The van der Waals surface area contributed by atoms with E-state index in [1.807, 2.05) is 0 Å². The van der Waals surface area contributed by atoms with Gasteiger partial charge in [0, 0.05) is 21.9 Å². The lowest BCUT2D eigenvalue weighted by molar-refractivity contribution is 0.156. The van der Waals surface area contributed by atoms with Gasteiger partial charge in [0.05, 0.1) is 0 Å². The van der Waals surface area contributed by atoms with Crippen LogP contribution in [0.5, 0.6) is 5.75 Å². The largest absolute Gasteiger partial charge is 0.473 e. The molecule has 4 aromatic rings. The average Bonchev–Trinajstić information content (AvgIpc) is 3.51. The van der Waals surface area contributed by atoms with Crippen molar-refractivity contribution in [2.75, 3.05) is 0 Å². The number of hydrogen-bond acceptors (Lipinski definition) is 1. The van der Waals surface area contributed by atoms with Crippen molar-refractivity contribution in [3.8, 4) is 16.9 Å². The monoisotopic (exact) mass is 438 g/mol. The van der Waals surface area contributed by atoms with Gasteiger partial charge in [0.1, 0.15) is 5.75 Å². The fraction of sp³-hybridized carbons (Fsp3) is 0.152. The summed E-state index contributed by atoms with van der Waals surface area (Å²) in [4.78, 5) is 0. The van der Waals surface area contributed by atoms with E-state index in [4.69, 9.17) is 4.74 Å². The zero-order valence-electron chi connectivity index (χ0n) is 19.5. The van der Waals surface area contributed by atoms with Gasteiger partial charge in [-0.3, -0.25) is 0 Å².